The quantitative estimate of drug-likeness (QED) is 0.0737. The molecule has 4 heteroatoms. The number of hydrogen-bond acceptors (Lipinski definition) is 3. The first kappa shape index (κ1) is 32.1. The Morgan fingerprint density at radius 1 is 0.475 bits per heavy atom. The summed E-state index contributed by atoms with van der Waals surface area (Å²) < 4.78 is 32.8. The Morgan fingerprint density at radius 3 is 1.10 bits per heavy atom. The Labute approximate surface area is 244 Å². The van der Waals surface area contributed by atoms with Gasteiger partial charge in [-0.1, -0.05) is 188 Å². The summed E-state index contributed by atoms with van der Waals surface area (Å²) in [7, 11) is -4.06. The second-order valence-electron chi connectivity index (χ2n) is 11.0. The topological polar surface area (TPSA) is 43.4 Å². The number of rotatable bonds is 21. The predicted octanol–water partition coefficient (Wildman–Crippen LogP) is 10.2. The smallest absolute Gasteiger partial charge is 0.269 e. The summed E-state index contributed by atoms with van der Waals surface area (Å²) >= 11 is 0. The maximum Gasteiger partial charge on any atom is 0.285 e. The predicted molar refractivity (Wildman–Crippen MR) is 169 cm³/mol. The van der Waals surface area contributed by atoms with Gasteiger partial charge in [0.1, 0.15) is 0 Å². The van der Waals surface area contributed by atoms with Gasteiger partial charge in [0.05, 0.1) is 6.61 Å². The lowest BCUT2D eigenvalue weighted by Crippen LogP contribution is -2.40. The number of benzene rings is 3. The van der Waals surface area contributed by atoms with Crippen molar-refractivity contribution < 1.29 is 12.6 Å². The molecule has 3 nitrogen and oxygen atoms in total. The molecule has 218 valence electrons. The zero-order valence-electron chi connectivity index (χ0n) is 24.6. The van der Waals surface area contributed by atoms with Gasteiger partial charge >= 0.3 is 0 Å². The molecule has 0 bridgehead atoms. The van der Waals surface area contributed by atoms with E-state index in [1.807, 2.05) is 91.0 Å². The zero-order valence-corrected chi connectivity index (χ0v) is 25.4. The molecule has 0 heterocycles. The molecule has 0 aromatic heterocycles. The van der Waals surface area contributed by atoms with Crippen molar-refractivity contribution in [1.29, 1.82) is 0 Å². The summed E-state index contributed by atoms with van der Waals surface area (Å²) in [5.74, 6) is 0. The first-order chi connectivity index (χ1) is 19.6. The van der Waals surface area contributed by atoms with Crippen molar-refractivity contribution in [1.82, 2.24) is 0 Å². The molecule has 0 amide bonds. The van der Waals surface area contributed by atoms with Gasteiger partial charge in [-0.25, -0.2) is 0 Å². The van der Waals surface area contributed by atoms with Crippen LogP contribution in [-0.4, -0.2) is 15.0 Å². The molecule has 3 aromatic rings. The van der Waals surface area contributed by atoms with Gasteiger partial charge in [-0.05, 0) is 23.1 Å². The lowest BCUT2D eigenvalue weighted by atomic mass is 9.84. The Kier molecular flexibility index (Phi) is 14.5. The van der Waals surface area contributed by atoms with Crippen LogP contribution in [0.4, 0.5) is 0 Å². The summed E-state index contributed by atoms with van der Waals surface area (Å²) in [5.41, 5.74) is 2.05. The van der Waals surface area contributed by atoms with Crippen LogP contribution in [0.2, 0.25) is 0 Å². The van der Waals surface area contributed by atoms with Gasteiger partial charge < -0.3 is 0 Å². The van der Waals surface area contributed by atoms with E-state index in [2.05, 4.69) is 6.92 Å². The molecule has 0 aliphatic heterocycles. The number of unbranched alkanes of at least 4 members (excludes halogenated alkanes) is 14. The van der Waals surface area contributed by atoms with Crippen molar-refractivity contribution >= 4 is 10.1 Å². The second kappa shape index (κ2) is 18.1. The highest BCUT2D eigenvalue weighted by Gasteiger charge is 2.49. The van der Waals surface area contributed by atoms with Crippen molar-refractivity contribution in [3.63, 3.8) is 0 Å². The summed E-state index contributed by atoms with van der Waals surface area (Å²) in [4.78, 5) is 0. The zero-order chi connectivity index (χ0) is 28.4. The molecule has 3 aromatic carbocycles. The van der Waals surface area contributed by atoms with Gasteiger partial charge in [-0.3, -0.25) is 4.18 Å². The molecule has 0 saturated carbocycles. The maximum absolute atomic E-state index is 14.2. The molecule has 0 aliphatic carbocycles. The van der Waals surface area contributed by atoms with Crippen molar-refractivity contribution in [2.75, 3.05) is 6.61 Å². The van der Waals surface area contributed by atoms with E-state index in [4.69, 9.17) is 4.18 Å². The Morgan fingerprint density at radius 2 is 0.775 bits per heavy atom. The fourth-order valence-electron chi connectivity index (χ4n) is 5.68. The van der Waals surface area contributed by atoms with Crippen LogP contribution in [0.25, 0.3) is 0 Å². The molecule has 40 heavy (non-hydrogen) atoms. The van der Waals surface area contributed by atoms with Gasteiger partial charge in [0.25, 0.3) is 10.1 Å². The summed E-state index contributed by atoms with van der Waals surface area (Å²) in [6.45, 7) is 2.47. The minimum absolute atomic E-state index is 0.203. The van der Waals surface area contributed by atoms with Crippen molar-refractivity contribution in [2.24, 2.45) is 0 Å². The molecule has 0 N–H and O–H groups in total. The Bertz CT molecular complexity index is 1050. The van der Waals surface area contributed by atoms with E-state index in [1.54, 1.807) is 0 Å². The van der Waals surface area contributed by atoms with Crippen molar-refractivity contribution in [3.05, 3.63) is 108 Å². The molecule has 0 spiro atoms. The average molecular weight is 563 g/mol. The van der Waals surface area contributed by atoms with E-state index in [0.29, 0.717) is 16.7 Å². The lowest BCUT2D eigenvalue weighted by molar-refractivity contribution is 0.296. The van der Waals surface area contributed by atoms with E-state index < -0.39 is 14.9 Å². The van der Waals surface area contributed by atoms with Crippen LogP contribution in [-0.2, 0) is 19.0 Å². The molecule has 0 radical (unpaired) electrons. The minimum atomic E-state index is -4.06. The Hall–Kier alpha value is -2.43. The SMILES string of the molecule is CCCCCCCCCCCCCCCCCOS(=O)(=O)C(c1ccccc1)(c1ccccc1)c1ccccc1. The highest BCUT2D eigenvalue weighted by molar-refractivity contribution is 7.88. The number of hydrogen-bond donors (Lipinski definition) is 0. The highest BCUT2D eigenvalue weighted by Crippen LogP contribution is 2.44. The van der Waals surface area contributed by atoms with E-state index in [9.17, 15) is 8.42 Å². The molecule has 0 atom stereocenters. The van der Waals surface area contributed by atoms with Crippen LogP contribution >= 0.6 is 0 Å². The summed E-state index contributed by atoms with van der Waals surface area (Å²) in [6.07, 6.45) is 19.1. The highest BCUT2D eigenvalue weighted by atomic mass is 32.2. The van der Waals surface area contributed by atoms with Crippen LogP contribution < -0.4 is 0 Å². The molecule has 0 fully saturated rings. The normalized spacial score (nSPS) is 12.0. The van der Waals surface area contributed by atoms with E-state index in [1.165, 1.54) is 77.0 Å². The van der Waals surface area contributed by atoms with Gasteiger partial charge in [0, 0.05) is 0 Å². The second-order valence-corrected chi connectivity index (χ2v) is 12.8. The first-order valence-corrected chi connectivity index (χ1v) is 17.1. The van der Waals surface area contributed by atoms with Gasteiger partial charge in [0.2, 0.25) is 0 Å². The van der Waals surface area contributed by atoms with Crippen LogP contribution in [0, 0.1) is 0 Å². The van der Waals surface area contributed by atoms with Crippen LogP contribution in [0.1, 0.15) is 120 Å². The van der Waals surface area contributed by atoms with Gasteiger partial charge in [0.15, 0.2) is 4.75 Å². The van der Waals surface area contributed by atoms with Crippen LogP contribution in [0.3, 0.4) is 0 Å². The molecule has 0 aliphatic rings. The van der Waals surface area contributed by atoms with E-state index in [0.717, 1.165) is 19.3 Å². The monoisotopic (exact) mass is 562 g/mol. The molecule has 0 saturated heterocycles. The van der Waals surface area contributed by atoms with Crippen LogP contribution in [0.15, 0.2) is 91.0 Å². The van der Waals surface area contributed by atoms with Gasteiger partial charge in [-0.2, -0.15) is 8.42 Å². The maximum atomic E-state index is 14.2. The summed E-state index contributed by atoms with van der Waals surface area (Å²) in [5, 5.41) is 0. The summed E-state index contributed by atoms with van der Waals surface area (Å²) in [6, 6.07) is 28.4. The molecular formula is C36H50O3S. The lowest BCUT2D eigenvalue weighted by Gasteiger charge is -2.34. The third kappa shape index (κ3) is 9.31. The fourth-order valence-corrected chi connectivity index (χ4v) is 7.47. The average Bonchev–Trinajstić information content (AvgIpc) is 2.99. The molecule has 3 rings (SSSR count). The standard InChI is InChI=1S/C36H50O3S/c1-2-3-4-5-6-7-8-9-10-11-12-13-14-15-25-32-39-40(37,38)36(33-26-19-16-20-27-33,34-28-21-17-22-29-34)35-30-23-18-24-31-35/h16-24,26-31H,2-15,25,32H2,1H3. The van der Waals surface area contributed by atoms with Gasteiger partial charge in [-0.15, -0.1) is 0 Å². The molecular weight excluding hydrogens is 512 g/mol. The van der Waals surface area contributed by atoms with Crippen LogP contribution in [0.5, 0.6) is 0 Å². The van der Waals surface area contributed by atoms with Crippen molar-refractivity contribution in [3.8, 4) is 0 Å². The largest absolute Gasteiger partial charge is 0.285 e. The van der Waals surface area contributed by atoms with E-state index in [-0.39, 0.29) is 6.61 Å². The van der Waals surface area contributed by atoms with Crippen molar-refractivity contribution in [2.45, 2.75) is 108 Å². The fraction of sp³-hybridized carbons (Fsp3) is 0.500. The van der Waals surface area contributed by atoms with E-state index >= 15 is 0 Å². The minimum Gasteiger partial charge on any atom is -0.269 e. The first-order valence-electron chi connectivity index (χ1n) is 15.7. The molecule has 0 unspecified atom stereocenters. The third-order valence-corrected chi connectivity index (χ3v) is 9.84. The Balaban J connectivity index is 1.49. The third-order valence-electron chi connectivity index (χ3n) is 7.90.